The van der Waals surface area contributed by atoms with E-state index in [1.54, 1.807) is 11.3 Å². The Labute approximate surface area is 118 Å². The van der Waals surface area contributed by atoms with E-state index < -0.39 is 0 Å². The van der Waals surface area contributed by atoms with Crippen molar-refractivity contribution < 1.29 is 4.74 Å². The normalized spacial score (nSPS) is 10.7. The summed E-state index contributed by atoms with van der Waals surface area (Å²) in [4.78, 5) is 4.54. The highest BCUT2D eigenvalue weighted by Gasteiger charge is 2.03. The molecule has 0 saturated heterocycles. The standard InChI is InChI=1S/C15H20N2OS/c1-11-4-5-14(12(2)8-11)18-7-6-15-17-13(9-16-3)10-19-15/h4-5,8,10,16H,6-7,9H2,1-3H3. The van der Waals surface area contributed by atoms with E-state index in [2.05, 4.69) is 41.7 Å². The van der Waals surface area contributed by atoms with Gasteiger partial charge in [0.2, 0.25) is 0 Å². The number of nitrogens with zero attached hydrogens (tertiary/aromatic N) is 1. The second kappa shape index (κ2) is 6.68. The van der Waals surface area contributed by atoms with Gasteiger partial charge in [0.15, 0.2) is 0 Å². The molecule has 2 aromatic rings. The second-order valence-corrected chi connectivity index (χ2v) is 5.57. The van der Waals surface area contributed by atoms with Crippen LogP contribution < -0.4 is 10.1 Å². The predicted molar refractivity (Wildman–Crippen MR) is 80.0 cm³/mol. The SMILES string of the molecule is CNCc1csc(CCOc2ccc(C)cc2C)n1. The number of aromatic nitrogens is 1. The van der Waals surface area contributed by atoms with Crippen molar-refractivity contribution in [2.75, 3.05) is 13.7 Å². The van der Waals surface area contributed by atoms with E-state index >= 15 is 0 Å². The van der Waals surface area contributed by atoms with Gasteiger partial charge in [-0.2, -0.15) is 0 Å². The highest BCUT2D eigenvalue weighted by molar-refractivity contribution is 7.09. The van der Waals surface area contributed by atoms with Crippen molar-refractivity contribution in [2.24, 2.45) is 0 Å². The summed E-state index contributed by atoms with van der Waals surface area (Å²) < 4.78 is 5.82. The molecule has 0 atom stereocenters. The molecule has 1 aromatic heterocycles. The molecule has 1 N–H and O–H groups in total. The Hall–Kier alpha value is -1.39. The Morgan fingerprint density at radius 1 is 1.32 bits per heavy atom. The molecule has 4 heteroatoms. The molecule has 102 valence electrons. The lowest BCUT2D eigenvalue weighted by Crippen LogP contribution is -2.06. The first-order chi connectivity index (χ1) is 9.19. The molecule has 1 aromatic carbocycles. The Bertz CT molecular complexity index is 537. The minimum atomic E-state index is 0.677. The van der Waals surface area contributed by atoms with Crippen LogP contribution in [-0.4, -0.2) is 18.6 Å². The molecule has 3 nitrogen and oxygen atoms in total. The van der Waals surface area contributed by atoms with Crippen LogP contribution in [0.4, 0.5) is 0 Å². The quantitative estimate of drug-likeness (QED) is 0.880. The second-order valence-electron chi connectivity index (χ2n) is 4.63. The zero-order chi connectivity index (χ0) is 13.7. The number of rotatable bonds is 6. The number of thiazole rings is 1. The first-order valence-corrected chi connectivity index (χ1v) is 7.35. The van der Waals surface area contributed by atoms with Gasteiger partial charge in [-0.05, 0) is 32.5 Å². The molecule has 0 aliphatic rings. The van der Waals surface area contributed by atoms with Gasteiger partial charge < -0.3 is 10.1 Å². The molecule has 0 saturated carbocycles. The molecule has 0 spiro atoms. The third kappa shape index (κ3) is 4.04. The molecule has 1 heterocycles. The smallest absolute Gasteiger partial charge is 0.122 e. The number of benzene rings is 1. The summed E-state index contributed by atoms with van der Waals surface area (Å²) in [6, 6.07) is 6.26. The van der Waals surface area contributed by atoms with Crippen molar-refractivity contribution in [3.8, 4) is 5.75 Å². The summed E-state index contributed by atoms with van der Waals surface area (Å²) in [5, 5.41) is 6.34. The maximum atomic E-state index is 5.82. The van der Waals surface area contributed by atoms with Gasteiger partial charge in [-0.25, -0.2) is 4.98 Å². The third-order valence-corrected chi connectivity index (χ3v) is 3.82. The highest BCUT2D eigenvalue weighted by atomic mass is 32.1. The maximum Gasteiger partial charge on any atom is 0.122 e. The molecule has 0 amide bonds. The van der Waals surface area contributed by atoms with Crippen molar-refractivity contribution in [1.29, 1.82) is 0 Å². The van der Waals surface area contributed by atoms with Crippen LogP contribution in [0.5, 0.6) is 5.75 Å². The fourth-order valence-corrected chi connectivity index (χ4v) is 2.71. The van der Waals surface area contributed by atoms with Crippen LogP contribution in [0.15, 0.2) is 23.6 Å². The fourth-order valence-electron chi connectivity index (χ4n) is 1.94. The minimum absolute atomic E-state index is 0.677. The van der Waals surface area contributed by atoms with Crippen molar-refractivity contribution in [2.45, 2.75) is 26.8 Å². The molecular weight excluding hydrogens is 256 g/mol. The van der Waals surface area contributed by atoms with Crippen LogP contribution in [0.1, 0.15) is 21.8 Å². The predicted octanol–water partition coefficient (Wildman–Crippen LogP) is 3.10. The Balaban J connectivity index is 1.85. The van der Waals surface area contributed by atoms with Crippen LogP contribution in [0.25, 0.3) is 0 Å². The van der Waals surface area contributed by atoms with Gasteiger partial charge in [0.25, 0.3) is 0 Å². The highest BCUT2D eigenvalue weighted by Crippen LogP contribution is 2.19. The van der Waals surface area contributed by atoms with E-state index in [-0.39, 0.29) is 0 Å². The fraction of sp³-hybridized carbons (Fsp3) is 0.400. The average Bonchev–Trinajstić information content (AvgIpc) is 2.80. The van der Waals surface area contributed by atoms with E-state index in [0.29, 0.717) is 6.61 Å². The number of aryl methyl sites for hydroxylation is 2. The number of hydrogen-bond donors (Lipinski definition) is 1. The summed E-state index contributed by atoms with van der Waals surface area (Å²) in [5.74, 6) is 0.970. The minimum Gasteiger partial charge on any atom is -0.493 e. The van der Waals surface area contributed by atoms with Crippen molar-refractivity contribution in [3.63, 3.8) is 0 Å². The molecule has 0 unspecified atom stereocenters. The van der Waals surface area contributed by atoms with Crippen molar-refractivity contribution >= 4 is 11.3 Å². The molecular formula is C15H20N2OS. The van der Waals surface area contributed by atoms with E-state index in [1.807, 2.05) is 13.1 Å². The van der Waals surface area contributed by atoms with Crippen LogP contribution in [0, 0.1) is 13.8 Å². The van der Waals surface area contributed by atoms with Crippen molar-refractivity contribution in [3.05, 3.63) is 45.4 Å². The van der Waals surface area contributed by atoms with Crippen LogP contribution in [0.2, 0.25) is 0 Å². The van der Waals surface area contributed by atoms with E-state index in [1.165, 1.54) is 11.1 Å². The summed E-state index contributed by atoms with van der Waals surface area (Å²) >= 11 is 1.70. The van der Waals surface area contributed by atoms with Gasteiger partial charge in [-0.3, -0.25) is 0 Å². The van der Waals surface area contributed by atoms with E-state index in [9.17, 15) is 0 Å². The molecule has 0 aliphatic carbocycles. The third-order valence-electron chi connectivity index (χ3n) is 2.86. The molecule has 0 radical (unpaired) electrons. The first kappa shape index (κ1) is 14.0. The summed E-state index contributed by atoms with van der Waals surface area (Å²) in [5.41, 5.74) is 3.56. The number of nitrogens with one attached hydrogen (secondary N) is 1. The van der Waals surface area contributed by atoms with Crippen LogP contribution >= 0.6 is 11.3 Å². The lowest BCUT2D eigenvalue weighted by Gasteiger charge is -2.08. The Morgan fingerprint density at radius 2 is 2.16 bits per heavy atom. The molecule has 0 fully saturated rings. The lowest BCUT2D eigenvalue weighted by molar-refractivity contribution is 0.319. The number of ether oxygens (including phenoxy) is 1. The Morgan fingerprint density at radius 3 is 2.89 bits per heavy atom. The molecule has 2 rings (SSSR count). The monoisotopic (exact) mass is 276 g/mol. The lowest BCUT2D eigenvalue weighted by atomic mass is 10.1. The molecule has 19 heavy (non-hydrogen) atoms. The summed E-state index contributed by atoms with van der Waals surface area (Å²) in [7, 11) is 1.93. The zero-order valence-corrected chi connectivity index (χ0v) is 12.5. The van der Waals surface area contributed by atoms with E-state index in [0.717, 1.165) is 29.4 Å². The van der Waals surface area contributed by atoms with Gasteiger partial charge >= 0.3 is 0 Å². The summed E-state index contributed by atoms with van der Waals surface area (Å²) in [6.07, 6.45) is 0.863. The van der Waals surface area contributed by atoms with Gasteiger partial charge in [-0.1, -0.05) is 17.7 Å². The van der Waals surface area contributed by atoms with Gasteiger partial charge in [-0.15, -0.1) is 11.3 Å². The Kier molecular flexibility index (Phi) is 4.93. The maximum absolute atomic E-state index is 5.82. The van der Waals surface area contributed by atoms with Crippen LogP contribution in [-0.2, 0) is 13.0 Å². The molecule has 0 bridgehead atoms. The van der Waals surface area contributed by atoms with Gasteiger partial charge in [0, 0.05) is 18.3 Å². The van der Waals surface area contributed by atoms with Crippen LogP contribution in [0.3, 0.4) is 0 Å². The van der Waals surface area contributed by atoms with Gasteiger partial charge in [0.05, 0.1) is 17.3 Å². The zero-order valence-electron chi connectivity index (χ0n) is 11.7. The largest absolute Gasteiger partial charge is 0.493 e. The average molecular weight is 276 g/mol. The first-order valence-electron chi connectivity index (χ1n) is 6.47. The topological polar surface area (TPSA) is 34.1 Å². The van der Waals surface area contributed by atoms with Gasteiger partial charge in [0.1, 0.15) is 5.75 Å². The van der Waals surface area contributed by atoms with E-state index in [4.69, 9.17) is 4.74 Å². The summed E-state index contributed by atoms with van der Waals surface area (Å²) in [6.45, 7) is 5.68. The van der Waals surface area contributed by atoms with Crippen molar-refractivity contribution in [1.82, 2.24) is 10.3 Å². The molecule has 0 aliphatic heterocycles. The number of hydrogen-bond acceptors (Lipinski definition) is 4.